The summed E-state index contributed by atoms with van der Waals surface area (Å²) in [6, 6.07) is 2.26. The molecule has 0 spiro atoms. The third-order valence-electron chi connectivity index (χ3n) is 6.03. The summed E-state index contributed by atoms with van der Waals surface area (Å²) in [4.78, 5) is 2.66. The Bertz CT molecular complexity index is 694. The molecule has 0 radical (unpaired) electrons. The first-order chi connectivity index (χ1) is 11.8. The number of hydrogen-bond donors (Lipinski definition) is 2. The van der Waals surface area contributed by atoms with Gasteiger partial charge in [0.05, 0.1) is 5.54 Å². The van der Waals surface area contributed by atoms with Crippen LogP contribution < -0.4 is 4.72 Å². The Morgan fingerprint density at radius 2 is 1.92 bits per heavy atom. The lowest BCUT2D eigenvalue weighted by molar-refractivity contribution is 0.135. The van der Waals surface area contributed by atoms with Crippen LogP contribution in [0.4, 0.5) is 0 Å². The van der Waals surface area contributed by atoms with Crippen LogP contribution in [-0.4, -0.2) is 41.6 Å². The fourth-order valence-corrected chi connectivity index (χ4v) is 5.50. The van der Waals surface area contributed by atoms with Crippen LogP contribution in [0, 0.1) is 0 Å². The van der Waals surface area contributed by atoms with Gasteiger partial charge in [0, 0.05) is 31.5 Å². The number of aromatic nitrogens is 1. The fraction of sp³-hybridized carbons (Fsp3) is 0.778. The van der Waals surface area contributed by atoms with Crippen molar-refractivity contribution >= 4 is 10.3 Å². The molecule has 1 atom stereocenters. The highest BCUT2D eigenvalue weighted by Gasteiger charge is 2.43. The van der Waals surface area contributed by atoms with Crippen molar-refractivity contribution in [3.8, 4) is 0 Å². The Morgan fingerprint density at radius 3 is 2.60 bits per heavy atom. The first-order valence-corrected chi connectivity index (χ1v) is 10.9. The van der Waals surface area contributed by atoms with Gasteiger partial charge in [0.2, 0.25) is 0 Å². The lowest BCUT2D eigenvalue weighted by Gasteiger charge is -2.40. The van der Waals surface area contributed by atoms with Crippen LogP contribution in [0.15, 0.2) is 12.3 Å². The van der Waals surface area contributed by atoms with Crippen molar-refractivity contribution in [3.63, 3.8) is 0 Å². The number of rotatable bonds is 2. The van der Waals surface area contributed by atoms with E-state index in [0.717, 1.165) is 25.7 Å². The van der Waals surface area contributed by atoms with Gasteiger partial charge in [-0.05, 0) is 57.2 Å². The third-order valence-corrected chi connectivity index (χ3v) is 6.66. The van der Waals surface area contributed by atoms with E-state index in [-0.39, 0.29) is 6.04 Å². The summed E-state index contributed by atoms with van der Waals surface area (Å²) in [5.41, 5.74) is 3.49. The molecule has 0 amide bonds. The first-order valence-electron chi connectivity index (χ1n) is 9.44. The van der Waals surface area contributed by atoms with Crippen molar-refractivity contribution in [2.45, 2.75) is 69.9 Å². The summed E-state index contributed by atoms with van der Waals surface area (Å²) in [5.74, 6) is 0. The van der Waals surface area contributed by atoms with Crippen LogP contribution in [0.5, 0.6) is 0 Å². The van der Waals surface area contributed by atoms with E-state index in [1.54, 1.807) is 11.3 Å². The zero-order valence-electron chi connectivity index (χ0n) is 15.4. The second-order valence-corrected chi connectivity index (χ2v) is 9.03. The van der Waals surface area contributed by atoms with Crippen molar-refractivity contribution in [1.82, 2.24) is 14.2 Å². The molecule has 1 unspecified atom stereocenters. The molecule has 1 aromatic heterocycles. The molecular formula is C18H31N3O3S. The van der Waals surface area contributed by atoms with Crippen LogP contribution in [-0.2, 0) is 29.3 Å². The summed E-state index contributed by atoms with van der Waals surface area (Å²) in [6.45, 7) is 4.96. The predicted molar refractivity (Wildman–Crippen MR) is 98.8 cm³/mol. The highest BCUT2D eigenvalue weighted by atomic mass is 32.2. The summed E-state index contributed by atoms with van der Waals surface area (Å²) < 4.78 is 33.6. The van der Waals surface area contributed by atoms with E-state index >= 15 is 0 Å². The van der Waals surface area contributed by atoms with Gasteiger partial charge in [0.25, 0.3) is 0 Å². The van der Waals surface area contributed by atoms with Crippen LogP contribution >= 0.6 is 0 Å². The van der Waals surface area contributed by atoms with E-state index in [9.17, 15) is 8.42 Å². The van der Waals surface area contributed by atoms with Gasteiger partial charge in [-0.2, -0.15) is 13.1 Å². The van der Waals surface area contributed by atoms with Gasteiger partial charge in [-0.15, -0.1) is 0 Å². The molecular weight excluding hydrogens is 338 g/mol. The lowest BCUT2D eigenvalue weighted by atomic mass is 9.87. The van der Waals surface area contributed by atoms with Gasteiger partial charge in [-0.1, -0.05) is 19.3 Å². The van der Waals surface area contributed by atoms with E-state index < -0.39 is 10.3 Å². The molecule has 1 aromatic rings. The zero-order chi connectivity index (χ0) is 18.1. The Balaban J connectivity index is 0.000000151. The van der Waals surface area contributed by atoms with Crippen molar-refractivity contribution in [2.24, 2.45) is 7.05 Å². The Labute approximate surface area is 151 Å². The smallest absolute Gasteiger partial charge is 0.333 e. The molecule has 7 heteroatoms. The van der Waals surface area contributed by atoms with Gasteiger partial charge in [-0.25, -0.2) is 0 Å². The van der Waals surface area contributed by atoms with Crippen molar-refractivity contribution in [3.05, 3.63) is 23.5 Å². The molecule has 25 heavy (non-hydrogen) atoms. The van der Waals surface area contributed by atoms with Gasteiger partial charge >= 0.3 is 10.3 Å². The highest BCUT2D eigenvalue weighted by Crippen LogP contribution is 2.43. The zero-order valence-corrected chi connectivity index (χ0v) is 16.2. The standard InChI is InChI=1S/C12H18N2.C6H13NO3S/c1-12-6-3-7-14(12)9-5-10-4-8-13(2)11(10)12;8-11(9,10)7-6-4-2-1-3-5-6/h4,8H,3,5-7,9H2,1-2H3;6-7H,1-5H2,(H,8,9,10). The maximum atomic E-state index is 10.3. The monoisotopic (exact) mass is 369 g/mol. The topological polar surface area (TPSA) is 74.6 Å². The van der Waals surface area contributed by atoms with Crippen molar-refractivity contribution in [1.29, 1.82) is 0 Å². The van der Waals surface area contributed by atoms with Crippen LogP contribution in [0.3, 0.4) is 0 Å². The summed E-state index contributed by atoms with van der Waals surface area (Å²) in [5, 5.41) is 0. The number of aryl methyl sites for hydroxylation is 1. The maximum Gasteiger partial charge on any atom is 0.333 e. The molecule has 3 aliphatic rings. The number of nitrogens with one attached hydrogen (secondary N) is 1. The van der Waals surface area contributed by atoms with Crippen LogP contribution in [0.25, 0.3) is 0 Å². The number of nitrogens with zero attached hydrogens (tertiary/aromatic N) is 2. The molecule has 3 heterocycles. The van der Waals surface area contributed by atoms with E-state index in [1.807, 2.05) is 0 Å². The summed E-state index contributed by atoms with van der Waals surface area (Å²) >= 11 is 0. The number of hydrogen-bond acceptors (Lipinski definition) is 3. The fourth-order valence-electron chi connectivity index (χ4n) is 4.84. The van der Waals surface area contributed by atoms with Crippen LogP contribution in [0.1, 0.15) is 63.1 Å². The quantitative estimate of drug-likeness (QED) is 0.786. The SMILES string of the molecule is Cn1ccc2c1C1(C)CCCN1CC2.O=S(=O)(O)NC1CCCCC1. The Hall–Kier alpha value is -0.890. The number of fused-ring (bicyclic) bond motifs is 3. The maximum absolute atomic E-state index is 10.3. The molecule has 142 valence electrons. The minimum Gasteiger partial charge on any atom is -0.353 e. The van der Waals surface area contributed by atoms with E-state index in [1.165, 1.54) is 38.8 Å². The van der Waals surface area contributed by atoms with Crippen molar-refractivity contribution < 1.29 is 13.0 Å². The molecule has 0 aromatic carbocycles. The molecule has 1 saturated carbocycles. The first kappa shape index (κ1) is 18.9. The Kier molecular flexibility index (Phi) is 5.58. The highest BCUT2D eigenvalue weighted by molar-refractivity contribution is 7.83. The normalized spacial score (nSPS) is 27.3. The molecule has 0 bridgehead atoms. The minimum absolute atomic E-state index is 0.0428. The molecule has 2 fully saturated rings. The van der Waals surface area contributed by atoms with Gasteiger partial charge in [0.15, 0.2) is 0 Å². The van der Waals surface area contributed by atoms with Crippen LogP contribution in [0.2, 0.25) is 0 Å². The molecule has 4 rings (SSSR count). The molecule has 1 saturated heterocycles. The van der Waals surface area contributed by atoms with Gasteiger partial charge < -0.3 is 4.57 Å². The van der Waals surface area contributed by atoms with E-state index in [4.69, 9.17) is 4.55 Å². The second-order valence-electron chi connectivity index (χ2n) is 7.84. The molecule has 2 N–H and O–H groups in total. The largest absolute Gasteiger partial charge is 0.353 e. The van der Waals surface area contributed by atoms with E-state index in [0.29, 0.717) is 5.54 Å². The van der Waals surface area contributed by atoms with Gasteiger partial charge in [0.1, 0.15) is 0 Å². The average molecular weight is 370 g/mol. The molecule has 6 nitrogen and oxygen atoms in total. The summed E-state index contributed by atoms with van der Waals surface area (Å²) in [6.07, 6.45) is 11.1. The second kappa shape index (κ2) is 7.39. The molecule has 1 aliphatic carbocycles. The van der Waals surface area contributed by atoms with Crippen molar-refractivity contribution in [2.75, 3.05) is 13.1 Å². The third kappa shape index (κ3) is 4.27. The lowest BCUT2D eigenvalue weighted by Crippen LogP contribution is -2.44. The predicted octanol–water partition coefficient (Wildman–Crippen LogP) is 2.60. The summed E-state index contributed by atoms with van der Waals surface area (Å²) in [7, 11) is -1.79. The minimum atomic E-state index is -3.97. The van der Waals surface area contributed by atoms with E-state index in [2.05, 4.69) is 40.4 Å². The molecule has 2 aliphatic heterocycles. The Morgan fingerprint density at radius 1 is 1.20 bits per heavy atom. The van der Waals surface area contributed by atoms with Gasteiger partial charge in [-0.3, -0.25) is 9.45 Å². The average Bonchev–Trinajstić information content (AvgIpc) is 3.10.